The lowest BCUT2D eigenvalue weighted by molar-refractivity contribution is -0.145. The van der Waals surface area contributed by atoms with Crippen molar-refractivity contribution in [3.8, 4) is 0 Å². The first kappa shape index (κ1) is 33.4. The number of esters is 1. The van der Waals surface area contributed by atoms with Crippen LogP contribution >= 0.6 is 0 Å². The Bertz CT molecular complexity index is 1080. The summed E-state index contributed by atoms with van der Waals surface area (Å²) < 4.78 is 11.4. The Morgan fingerprint density at radius 1 is 1.02 bits per heavy atom. The molecular formula is C36H57NO4. The fourth-order valence-corrected chi connectivity index (χ4v) is 5.71. The number of aromatic amines is 1. The summed E-state index contributed by atoms with van der Waals surface area (Å²) in [6.45, 7) is 10.3. The van der Waals surface area contributed by atoms with Crippen LogP contribution in [-0.2, 0) is 20.7 Å². The first-order valence-electron chi connectivity index (χ1n) is 16.4. The summed E-state index contributed by atoms with van der Waals surface area (Å²) in [4.78, 5) is 15.9. The topological polar surface area (TPSA) is 74.9 Å². The van der Waals surface area contributed by atoms with Gasteiger partial charge in [-0.05, 0) is 77.0 Å². The van der Waals surface area contributed by atoms with Crippen molar-refractivity contribution < 1.29 is 19.4 Å². The zero-order chi connectivity index (χ0) is 29.7. The number of rotatable bonds is 21. The van der Waals surface area contributed by atoms with E-state index in [1.165, 1.54) is 69.8 Å². The van der Waals surface area contributed by atoms with Crippen LogP contribution < -0.4 is 0 Å². The smallest absolute Gasteiger partial charge is 0.305 e. The molecular weight excluding hydrogens is 510 g/mol. The van der Waals surface area contributed by atoms with Gasteiger partial charge in [-0.25, -0.2) is 0 Å². The molecule has 0 radical (unpaired) electrons. The molecule has 230 valence electrons. The fraction of sp³-hybridized carbons (Fsp3) is 0.694. The summed E-state index contributed by atoms with van der Waals surface area (Å²) in [5.74, 6) is -0.489. The molecule has 41 heavy (non-hydrogen) atoms. The van der Waals surface area contributed by atoms with Gasteiger partial charge in [0, 0.05) is 35.9 Å². The Hall–Kier alpha value is -2.11. The van der Waals surface area contributed by atoms with Gasteiger partial charge in [-0.2, -0.15) is 0 Å². The number of allylic oxidation sites excluding steroid dienone is 2. The van der Waals surface area contributed by atoms with E-state index >= 15 is 0 Å². The molecule has 3 rings (SSSR count). The lowest BCUT2D eigenvalue weighted by Crippen LogP contribution is -2.33. The number of H-pyrrole nitrogens is 1. The summed E-state index contributed by atoms with van der Waals surface area (Å²) >= 11 is 0. The number of carbonyl (C=O) groups is 1. The molecule has 5 heteroatoms. The maximum atomic E-state index is 12.5. The number of nitrogens with one attached hydrogen (secondary N) is 1. The molecule has 2 atom stereocenters. The number of fused-ring (bicyclic) bond motifs is 1. The molecule has 1 aliphatic heterocycles. The lowest BCUT2D eigenvalue weighted by atomic mass is 9.85. The minimum atomic E-state index is -1.02. The highest BCUT2D eigenvalue weighted by Crippen LogP contribution is 2.39. The molecule has 0 spiro atoms. The van der Waals surface area contributed by atoms with E-state index in [1.54, 1.807) is 13.8 Å². The zero-order valence-corrected chi connectivity index (χ0v) is 26.6. The molecule has 0 bridgehead atoms. The van der Waals surface area contributed by atoms with Crippen molar-refractivity contribution in [1.29, 1.82) is 0 Å². The molecule has 0 aliphatic carbocycles. The highest BCUT2D eigenvalue weighted by Gasteiger charge is 2.47. The highest BCUT2D eigenvalue weighted by atomic mass is 16.6. The van der Waals surface area contributed by atoms with Crippen molar-refractivity contribution in [2.24, 2.45) is 0 Å². The molecule has 2 aromatic rings. The number of benzene rings is 1. The average Bonchev–Trinajstić information content (AvgIpc) is 3.31. The van der Waals surface area contributed by atoms with Crippen molar-refractivity contribution in [2.75, 3.05) is 6.61 Å². The number of aromatic nitrogens is 1. The van der Waals surface area contributed by atoms with Gasteiger partial charge in [-0.3, -0.25) is 4.79 Å². The van der Waals surface area contributed by atoms with Gasteiger partial charge < -0.3 is 19.6 Å². The van der Waals surface area contributed by atoms with Crippen LogP contribution in [0.2, 0.25) is 0 Å². The Kier molecular flexibility index (Phi) is 13.4. The minimum Gasteiger partial charge on any atom is -0.465 e. The van der Waals surface area contributed by atoms with Crippen LogP contribution in [0.5, 0.6) is 0 Å². The quantitative estimate of drug-likeness (QED) is 0.0682. The van der Waals surface area contributed by atoms with Gasteiger partial charge in [0.25, 0.3) is 0 Å². The molecule has 2 N–H and O–H groups in total. The Morgan fingerprint density at radius 3 is 2.24 bits per heavy atom. The van der Waals surface area contributed by atoms with Crippen molar-refractivity contribution in [2.45, 2.75) is 154 Å². The molecule has 1 fully saturated rings. The van der Waals surface area contributed by atoms with Gasteiger partial charge in [0.15, 0.2) is 0 Å². The van der Waals surface area contributed by atoms with Crippen LogP contribution in [0.1, 0.15) is 142 Å². The molecule has 1 aliphatic rings. The van der Waals surface area contributed by atoms with E-state index in [9.17, 15) is 9.90 Å². The zero-order valence-electron chi connectivity index (χ0n) is 26.6. The molecule has 1 saturated heterocycles. The number of hydrogen-bond acceptors (Lipinski definition) is 4. The molecule has 2 unspecified atom stereocenters. The number of hydrogen-bond donors (Lipinski definition) is 2. The van der Waals surface area contributed by atoms with Gasteiger partial charge in [0.1, 0.15) is 6.61 Å². The highest BCUT2D eigenvalue weighted by molar-refractivity contribution is 5.84. The summed E-state index contributed by atoms with van der Waals surface area (Å²) in [6.07, 6.45) is 24.3. The Morgan fingerprint density at radius 2 is 1.63 bits per heavy atom. The van der Waals surface area contributed by atoms with Gasteiger partial charge in [0.05, 0.1) is 17.3 Å². The predicted molar refractivity (Wildman–Crippen MR) is 170 cm³/mol. The predicted octanol–water partition coefficient (Wildman–Crippen LogP) is 9.32. The van der Waals surface area contributed by atoms with E-state index in [4.69, 9.17) is 9.47 Å². The largest absolute Gasteiger partial charge is 0.465 e. The first-order chi connectivity index (χ1) is 19.6. The van der Waals surface area contributed by atoms with Crippen molar-refractivity contribution in [3.63, 3.8) is 0 Å². The van der Waals surface area contributed by atoms with Crippen molar-refractivity contribution >= 4 is 16.9 Å². The second-order valence-corrected chi connectivity index (χ2v) is 13.3. The van der Waals surface area contributed by atoms with E-state index in [0.717, 1.165) is 42.1 Å². The summed E-state index contributed by atoms with van der Waals surface area (Å²) in [5.41, 5.74) is 2.19. The fourth-order valence-electron chi connectivity index (χ4n) is 5.71. The Labute approximate surface area is 249 Å². The van der Waals surface area contributed by atoms with E-state index < -0.39 is 5.60 Å². The Balaban J connectivity index is 1.32. The van der Waals surface area contributed by atoms with Gasteiger partial charge in [-0.1, -0.05) is 82.6 Å². The number of carbonyl (C=O) groups excluding carboxylic acids is 1. The molecule has 0 amide bonds. The SMILES string of the molecule is CCCCCCCCC=CCCCCCCCC(=O)OCC(c1c[nH]c2cc(CC3OC3(C)C)ccc12)C(C)(C)O. The van der Waals surface area contributed by atoms with Crippen LogP contribution in [-0.4, -0.2) is 40.0 Å². The monoisotopic (exact) mass is 567 g/mol. The molecule has 1 aromatic carbocycles. The normalized spacial score (nSPS) is 17.4. The molecule has 1 aromatic heterocycles. The minimum absolute atomic E-state index is 0.0320. The van der Waals surface area contributed by atoms with Crippen molar-refractivity contribution in [3.05, 3.63) is 47.7 Å². The third-order valence-electron chi connectivity index (χ3n) is 8.65. The number of epoxide rings is 1. The molecule has 2 heterocycles. The van der Waals surface area contributed by atoms with Crippen LogP contribution in [0.3, 0.4) is 0 Å². The van der Waals surface area contributed by atoms with Crippen molar-refractivity contribution in [1.82, 2.24) is 4.98 Å². The van der Waals surface area contributed by atoms with E-state index in [-0.39, 0.29) is 30.2 Å². The van der Waals surface area contributed by atoms with Crippen LogP contribution in [0, 0.1) is 0 Å². The second kappa shape index (κ2) is 16.5. The van der Waals surface area contributed by atoms with E-state index in [1.807, 2.05) is 6.20 Å². The van der Waals surface area contributed by atoms with Crippen LogP contribution in [0.25, 0.3) is 10.9 Å². The first-order valence-corrected chi connectivity index (χ1v) is 16.4. The van der Waals surface area contributed by atoms with Crippen LogP contribution in [0.4, 0.5) is 0 Å². The summed E-state index contributed by atoms with van der Waals surface area (Å²) in [5, 5.41) is 12.0. The number of unbranched alkanes of at least 4 members (excludes halogenated alkanes) is 11. The second-order valence-electron chi connectivity index (χ2n) is 13.3. The maximum absolute atomic E-state index is 12.5. The standard InChI is InChI=1S/C36H57NO4/c1-6-7-8-9-10-11-12-13-14-15-16-17-18-19-20-21-34(38)40-27-31(35(2,3)39)30-26-37-32-24-28(22-23-29(30)32)25-33-36(4,5)41-33/h13-14,22-24,26,31,33,37,39H,6-12,15-21,25,27H2,1-5H3. The lowest BCUT2D eigenvalue weighted by Gasteiger charge is -2.29. The maximum Gasteiger partial charge on any atom is 0.305 e. The van der Waals surface area contributed by atoms with Crippen LogP contribution in [0.15, 0.2) is 36.5 Å². The van der Waals surface area contributed by atoms with E-state index in [2.05, 4.69) is 56.1 Å². The summed E-state index contributed by atoms with van der Waals surface area (Å²) in [6, 6.07) is 6.41. The van der Waals surface area contributed by atoms with E-state index in [0.29, 0.717) is 6.42 Å². The number of aliphatic hydroxyl groups is 1. The molecule has 5 nitrogen and oxygen atoms in total. The number of ether oxygens (including phenoxy) is 2. The average molecular weight is 568 g/mol. The third kappa shape index (κ3) is 11.6. The third-order valence-corrected chi connectivity index (χ3v) is 8.65. The van der Waals surface area contributed by atoms with Gasteiger partial charge in [0.2, 0.25) is 0 Å². The molecule has 0 saturated carbocycles. The van der Waals surface area contributed by atoms with Gasteiger partial charge in [-0.15, -0.1) is 0 Å². The van der Waals surface area contributed by atoms with Gasteiger partial charge >= 0.3 is 5.97 Å². The summed E-state index contributed by atoms with van der Waals surface area (Å²) in [7, 11) is 0.